The van der Waals surface area contributed by atoms with Gasteiger partial charge >= 0.3 is 0 Å². The lowest BCUT2D eigenvalue weighted by molar-refractivity contribution is -0.128. The smallest absolute Gasteiger partial charge is 0.246 e. The molecule has 90 valence electrons. The third kappa shape index (κ3) is 3.84. The highest BCUT2D eigenvalue weighted by Crippen LogP contribution is 2.23. The molecule has 1 aliphatic carbocycles. The summed E-state index contributed by atoms with van der Waals surface area (Å²) < 4.78 is 0. The van der Waals surface area contributed by atoms with Crippen LogP contribution in [0.5, 0.6) is 0 Å². The minimum atomic E-state index is 0.0770. The molecule has 0 aliphatic heterocycles. The molecule has 1 saturated carbocycles. The maximum atomic E-state index is 11.8. The summed E-state index contributed by atoms with van der Waals surface area (Å²) in [4.78, 5) is 13.8. The van der Waals surface area contributed by atoms with Crippen LogP contribution in [-0.4, -0.2) is 23.4 Å². The van der Waals surface area contributed by atoms with Gasteiger partial charge in [-0.25, -0.2) is 0 Å². The number of carbonyl (C=O) groups excluding carboxylic acids is 1. The minimum absolute atomic E-state index is 0.0770. The summed E-state index contributed by atoms with van der Waals surface area (Å²) in [5.41, 5.74) is 1.14. The van der Waals surface area contributed by atoms with Crippen molar-refractivity contribution in [2.24, 2.45) is 0 Å². The summed E-state index contributed by atoms with van der Waals surface area (Å²) in [6, 6.07) is 0.429. The van der Waals surface area contributed by atoms with Crippen molar-refractivity contribution < 1.29 is 4.79 Å². The van der Waals surface area contributed by atoms with Crippen LogP contribution in [0.25, 0.3) is 0 Å². The molecule has 0 bridgehead atoms. The summed E-state index contributed by atoms with van der Waals surface area (Å²) in [5.74, 6) is 0.0770. The Labute approximate surface area is 99.0 Å². The molecule has 0 N–H and O–H groups in total. The molecular formula is C14H23NO. The van der Waals surface area contributed by atoms with Gasteiger partial charge in [-0.3, -0.25) is 4.79 Å². The number of amides is 1. The van der Waals surface area contributed by atoms with Gasteiger partial charge in [-0.1, -0.05) is 31.4 Å². The summed E-state index contributed by atoms with van der Waals surface area (Å²) >= 11 is 0. The molecule has 16 heavy (non-hydrogen) atoms. The fourth-order valence-electron chi connectivity index (χ4n) is 2.29. The van der Waals surface area contributed by atoms with Crippen LogP contribution in [0.15, 0.2) is 24.8 Å². The van der Waals surface area contributed by atoms with Crippen molar-refractivity contribution in [3.8, 4) is 0 Å². The van der Waals surface area contributed by atoms with Crippen LogP contribution < -0.4 is 0 Å². The topological polar surface area (TPSA) is 20.3 Å². The number of nitrogens with zero attached hydrogens (tertiary/aromatic N) is 1. The van der Waals surface area contributed by atoms with Crippen molar-refractivity contribution in [2.45, 2.75) is 51.5 Å². The van der Waals surface area contributed by atoms with Crippen molar-refractivity contribution in [3.05, 3.63) is 24.8 Å². The zero-order valence-electron chi connectivity index (χ0n) is 10.4. The Bertz CT molecular complexity index is 264. The van der Waals surface area contributed by atoms with E-state index in [1.165, 1.54) is 25.3 Å². The van der Waals surface area contributed by atoms with Gasteiger partial charge in [-0.05, 0) is 32.3 Å². The van der Waals surface area contributed by atoms with Gasteiger partial charge < -0.3 is 4.90 Å². The number of carbonyl (C=O) groups is 1. The highest BCUT2D eigenvalue weighted by atomic mass is 16.2. The Kier molecular flexibility index (Phi) is 5.30. The first-order chi connectivity index (χ1) is 7.65. The van der Waals surface area contributed by atoms with Gasteiger partial charge in [0.2, 0.25) is 5.91 Å². The van der Waals surface area contributed by atoms with E-state index in [0.29, 0.717) is 6.04 Å². The van der Waals surface area contributed by atoms with E-state index in [4.69, 9.17) is 0 Å². The Morgan fingerprint density at radius 2 is 2.00 bits per heavy atom. The molecule has 1 amide bonds. The van der Waals surface area contributed by atoms with E-state index in [1.54, 1.807) is 0 Å². The molecule has 0 atom stereocenters. The van der Waals surface area contributed by atoms with Gasteiger partial charge in [0.15, 0.2) is 0 Å². The minimum Gasteiger partial charge on any atom is -0.336 e. The van der Waals surface area contributed by atoms with Gasteiger partial charge in [0.25, 0.3) is 0 Å². The molecule has 0 aromatic rings. The summed E-state index contributed by atoms with van der Waals surface area (Å²) in [7, 11) is 0. The predicted octanol–water partition coefficient (Wildman–Crippen LogP) is 3.30. The van der Waals surface area contributed by atoms with Crippen LogP contribution in [0.3, 0.4) is 0 Å². The Balaban J connectivity index is 2.57. The Morgan fingerprint density at radius 1 is 1.38 bits per heavy atom. The summed E-state index contributed by atoms with van der Waals surface area (Å²) in [6.07, 6.45) is 8.44. The van der Waals surface area contributed by atoms with E-state index in [9.17, 15) is 4.79 Å². The molecule has 0 spiro atoms. The Morgan fingerprint density at radius 3 is 2.50 bits per heavy atom. The molecule has 2 nitrogen and oxygen atoms in total. The predicted molar refractivity (Wildman–Crippen MR) is 68.2 cm³/mol. The molecule has 1 rings (SSSR count). The molecule has 0 heterocycles. The van der Waals surface area contributed by atoms with Crippen LogP contribution in [0, 0.1) is 0 Å². The first-order valence-electron chi connectivity index (χ1n) is 6.22. The van der Waals surface area contributed by atoms with Crippen LogP contribution in [-0.2, 0) is 4.79 Å². The first kappa shape index (κ1) is 13.0. The van der Waals surface area contributed by atoms with Gasteiger partial charge in [0.1, 0.15) is 0 Å². The molecule has 1 aliphatic rings. The highest BCUT2D eigenvalue weighted by molar-refractivity contribution is 5.87. The lowest BCUT2D eigenvalue weighted by Gasteiger charge is -2.33. The van der Waals surface area contributed by atoms with Gasteiger partial charge in [-0.2, -0.15) is 0 Å². The Hall–Kier alpha value is -1.05. The lowest BCUT2D eigenvalue weighted by Crippen LogP contribution is -2.41. The number of rotatable bonds is 5. The third-order valence-electron chi connectivity index (χ3n) is 3.25. The zero-order valence-corrected chi connectivity index (χ0v) is 10.4. The maximum absolute atomic E-state index is 11.8. The second-order valence-electron chi connectivity index (χ2n) is 4.73. The molecule has 1 fully saturated rings. The van der Waals surface area contributed by atoms with E-state index in [-0.39, 0.29) is 5.91 Å². The normalized spacial score (nSPS) is 16.8. The average molecular weight is 221 g/mol. The maximum Gasteiger partial charge on any atom is 0.246 e. The van der Waals surface area contributed by atoms with E-state index >= 15 is 0 Å². The number of hydrogen-bond donors (Lipinski definition) is 0. The van der Waals surface area contributed by atoms with E-state index in [1.807, 2.05) is 11.8 Å². The molecule has 2 heteroatoms. The van der Waals surface area contributed by atoms with Crippen molar-refractivity contribution in [3.63, 3.8) is 0 Å². The fraction of sp³-hybridized carbons (Fsp3) is 0.643. The van der Waals surface area contributed by atoms with Gasteiger partial charge in [0.05, 0.1) is 0 Å². The third-order valence-corrected chi connectivity index (χ3v) is 3.25. The van der Waals surface area contributed by atoms with Crippen molar-refractivity contribution in [1.82, 2.24) is 4.90 Å². The van der Waals surface area contributed by atoms with Crippen LogP contribution in [0.1, 0.15) is 45.4 Å². The number of hydrogen-bond acceptors (Lipinski definition) is 1. The second-order valence-corrected chi connectivity index (χ2v) is 4.73. The first-order valence-corrected chi connectivity index (χ1v) is 6.22. The van der Waals surface area contributed by atoms with Crippen LogP contribution >= 0.6 is 0 Å². The zero-order chi connectivity index (χ0) is 12.0. The van der Waals surface area contributed by atoms with Crippen molar-refractivity contribution in [1.29, 1.82) is 0 Å². The second kappa shape index (κ2) is 6.51. The SMILES string of the molecule is C=CC(=O)N(CCC(=C)C)C1CCCCC1. The molecule has 0 aromatic heterocycles. The summed E-state index contributed by atoms with van der Waals surface area (Å²) in [6.45, 7) is 10.3. The van der Waals surface area contributed by atoms with E-state index < -0.39 is 0 Å². The molecule has 0 unspecified atom stereocenters. The highest BCUT2D eigenvalue weighted by Gasteiger charge is 2.23. The van der Waals surface area contributed by atoms with Crippen molar-refractivity contribution >= 4 is 5.91 Å². The van der Waals surface area contributed by atoms with Gasteiger partial charge in [0, 0.05) is 12.6 Å². The van der Waals surface area contributed by atoms with E-state index in [2.05, 4.69) is 13.2 Å². The molecule has 0 radical (unpaired) electrons. The summed E-state index contributed by atoms with van der Waals surface area (Å²) in [5, 5.41) is 0. The monoisotopic (exact) mass is 221 g/mol. The van der Waals surface area contributed by atoms with Gasteiger partial charge in [-0.15, -0.1) is 6.58 Å². The average Bonchev–Trinajstić information content (AvgIpc) is 2.30. The van der Waals surface area contributed by atoms with Crippen LogP contribution in [0.2, 0.25) is 0 Å². The molecular weight excluding hydrogens is 198 g/mol. The standard InChI is InChI=1S/C14H23NO/c1-4-14(16)15(11-10-12(2)3)13-8-6-5-7-9-13/h4,13H,1-2,5-11H2,3H3. The van der Waals surface area contributed by atoms with Crippen LogP contribution in [0.4, 0.5) is 0 Å². The molecule has 0 saturated heterocycles. The largest absolute Gasteiger partial charge is 0.336 e. The van der Waals surface area contributed by atoms with Crippen molar-refractivity contribution in [2.75, 3.05) is 6.54 Å². The molecule has 0 aromatic carbocycles. The quantitative estimate of drug-likeness (QED) is 0.515. The van der Waals surface area contributed by atoms with E-state index in [0.717, 1.165) is 31.4 Å². The lowest BCUT2D eigenvalue weighted by atomic mass is 9.94. The fourth-order valence-corrected chi connectivity index (χ4v) is 2.29.